The Labute approximate surface area is 91.3 Å². The number of fused-ring (bicyclic) bond motifs is 1. The first-order chi connectivity index (χ1) is 6.98. The summed E-state index contributed by atoms with van der Waals surface area (Å²) >= 11 is 0. The monoisotopic (exact) mass is 205 g/mol. The molecule has 2 rings (SSSR count). The quantitative estimate of drug-likeness (QED) is 0.682. The van der Waals surface area contributed by atoms with E-state index < -0.39 is 0 Å². The first kappa shape index (κ1) is 10.5. The summed E-state index contributed by atoms with van der Waals surface area (Å²) in [6.45, 7) is 6.46. The van der Waals surface area contributed by atoms with Gasteiger partial charge in [0.15, 0.2) is 0 Å². The second kappa shape index (κ2) is 3.53. The third-order valence-corrected chi connectivity index (χ3v) is 3.08. The van der Waals surface area contributed by atoms with E-state index in [9.17, 15) is 5.11 Å². The molecule has 0 spiro atoms. The number of nitrogens with one attached hydrogen (secondary N) is 1. The molecule has 0 radical (unpaired) electrons. The van der Waals surface area contributed by atoms with Crippen LogP contribution in [-0.4, -0.2) is 17.3 Å². The van der Waals surface area contributed by atoms with E-state index in [4.69, 9.17) is 0 Å². The van der Waals surface area contributed by atoms with Crippen molar-refractivity contribution < 1.29 is 5.11 Å². The second-order valence-corrected chi connectivity index (χ2v) is 5.42. The Kier molecular flexibility index (Phi) is 2.47. The van der Waals surface area contributed by atoms with Gasteiger partial charge in [-0.05, 0) is 17.0 Å². The van der Waals surface area contributed by atoms with Crippen LogP contribution in [0.5, 0.6) is 0 Å². The van der Waals surface area contributed by atoms with Crippen molar-refractivity contribution in [3.8, 4) is 0 Å². The molecular formula is C13H19NO. The third kappa shape index (κ3) is 2.00. The molecule has 0 aliphatic carbocycles. The van der Waals surface area contributed by atoms with Crippen molar-refractivity contribution in [3.05, 3.63) is 29.8 Å². The van der Waals surface area contributed by atoms with Crippen LogP contribution in [0.15, 0.2) is 24.3 Å². The molecule has 0 saturated heterocycles. The second-order valence-electron chi connectivity index (χ2n) is 5.42. The van der Waals surface area contributed by atoms with E-state index in [0.29, 0.717) is 0 Å². The van der Waals surface area contributed by atoms with Gasteiger partial charge in [0, 0.05) is 12.1 Å². The minimum absolute atomic E-state index is 0.0763. The number of hydrogen-bond donors (Lipinski definition) is 2. The van der Waals surface area contributed by atoms with Crippen LogP contribution in [0.3, 0.4) is 0 Å². The van der Waals surface area contributed by atoms with Gasteiger partial charge in [-0.3, -0.25) is 0 Å². The Bertz CT molecular complexity index is 354. The van der Waals surface area contributed by atoms with Crippen LogP contribution in [0.25, 0.3) is 0 Å². The minimum atomic E-state index is -0.292. The van der Waals surface area contributed by atoms with Crippen molar-refractivity contribution in [2.45, 2.75) is 39.3 Å². The van der Waals surface area contributed by atoms with Crippen LogP contribution in [0.1, 0.15) is 26.3 Å². The number of aliphatic hydroxyl groups excluding tert-OH is 1. The molecule has 0 bridgehead atoms. The number of rotatable bonds is 0. The fourth-order valence-corrected chi connectivity index (χ4v) is 2.24. The highest BCUT2D eigenvalue weighted by molar-refractivity contribution is 5.54. The maximum Gasteiger partial charge on any atom is 0.0787 e. The summed E-state index contributed by atoms with van der Waals surface area (Å²) in [6, 6.07) is 8.34. The average molecular weight is 205 g/mol. The van der Waals surface area contributed by atoms with Gasteiger partial charge in [0.05, 0.1) is 12.1 Å². The lowest BCUT2D eigenvalue weighted by Crippen LogP contribution is -2.47. The molecule has 2 nitrogen and oxygen atoms in total. The summed E-state index contributed by atoms with van der Waals surface area (Å²) in [7, 11) is 0. The van der Waals surface area contributed by atoms with Crippen molar-refractivity contribution >= 4 is 5.69 Å². The molecule has 0 aromatic heterocycles. The number of para-hydroxylation sites is 1. The Hall–Kier alpha value is -1.02. The fraction of sp³-hybridized carbons (Fsp3) is 0.538. The average Bonchev–Trinajstić information content (AvgIpc) is 2.15. The van der Waals surface area contributed by atoms with E-state index in [1.165, 1.54) is 11.3 Å². The molecule has 0 saturated carbocycles. The lowest BCUT2D eigenvalue weighted by molar-refractivity contribution is 0.0987. The van der Waals surface area contributed by atoms with Gasteiger partial charge in [-0.15, -0.1) is 0 Å². The van der Waals surface area contributed by atoms with Gasteiger partial charge in [0.1, 0.15) is 0 Å². The van der Waals surface area contributed by atoms with E-state index in [1.807, 2.05) is 12.1 Å². The maximum absolute atomic E-state index is 10.1. The molecule has 1 heterocycles. The number of benzene rings is 1. The lowest BCUT2D eigenvalue weighted by atomic mass is 9.79. The standard InChI is InChI=1S/C13H19NO/c1-13(2,3)12-11(15)8-9-6-4-5-7-10(9)14-12/h4-7,11-12,14-15H,8H2,1-3H3/t11-,12-/m0/s1. The van der Waals surface area contributed by atoms with E-state index in [-0.39, 0.29) is 17.6 Å². The van der Waals surface area contributed by atoms with Gasteiger partial charge in [-0.1, -0.05) is 39.0 Å². The zero-order valence-electron chi connectivity index (χ0n) is 9.62. The first-order valence-corrected chi connectivity index (χ1v) is 5.51. The zero-order valence-corrected chi connectivity index (χ0v) is 9.62. The molecule has 15 heavy (non-hydrogen) atoms. The van der Waals surface area contributed by atoms with Crippen molar-refractivity contribution in [1.29, 1.82) is 0 Å². The normalized spacial score (nSPS) is 25.6. The molecule has 0 amide bonds. The van der Waals surface area contributed by atoms with Gasteiger partial charge >= 0.3 is 0 Å². The molecule has 82 valence electrons. The highest BCUT2D eigenvalue weighted by atomic mass is 16.3. The molecule has 1 aliphatic rings. The predicted octanol–water partition coefficient (Wildman–Crippen LogP) is 2.43. The highest BCUT2D eigenvalue weighted by Gasteiger charge is 2.34. The molecule has 2 heteroatoms. The van der Waals surface area contributed by atoms with Crippen LogP contribution in [0.4, 0.5) is 5.69 Å². The largest absolute Gasteiger partial charge is 0.391 e. The first-order valence-electron chi connectivity index (χ1n) is 5.51. The van der Waals surface area contributed by atoms with E-state index in [1.54, 1.807) is 0 Å². The fourth-order valence-electron chi connectivity index (χ4n) is 2.24. The zero-order chi connectivity index (χ0) is 11.1. The molecular weight excluding hydrogens is 186 g/mol. The van der Waals surface area contributed by atoms with Gasteiger partial charge < -0.3 is 10.4 Å². The summed E-state index contributed by atoms with van der Waals surface area (Å²) in [5.74, 6) is 0. The SMILES string of the molecule is CC(C)(C)[C@H]1Nc2ccccc2C[C@@H]1O. The lowest BCUT2D eigenvalue weighted by Gasteiger charge is -2.40. The van der Waals surface area contributed by atoms with Crippen molar-refractivity contribution in [2.24, 2.45) is 5.41 Å². The van der Waals surface area contributed by atoms with Crippen LogP contribution in [-0.2, 0) is 6.42 Å². The van der Waals surface area contributed by atoms with Gasteiger partial charge in [-0.2, -0.15) is 0 Å². The van der Waals surface area contributed by atoms with Crippen molar-refractivity contribution in [1.82, 2.24) is 0 Å². The highest BCUT2D eigenvalue weighted by Crippen LogP contribution is 2.32. The Morgan fingerprint density at radius 2 is 1.93 bits per heavy atom. The van der Waals surface area contributed by atoms with Crippen LogP contribution < -0.4 is 5.32 Å². The van der Waals surface area contributed by atoms with E-state index >= 15 is 0 Å². The van der Waals surface area contributed by atoms with Crippen LogP contribution in [0.2, 0.25) is 0 Å². The van der Waals surface area contributed by atoms with Crippen molar-refractivity contribution in [3.63, 3.8) is 0 Å². The predicted molar refractivity (Wildman–Crippen MR) is 63.0 cm³/mol. The molecule has 1 aromatic rings. The van der Waals surface area contributed by atoms with Gasteiger partial charge in [0.2, 0.25) is 0 Å². The van der Waals surface area contributed by atoms with Crippen LogP contribution in [0, 0.1) is 5.41 Å². The minimum Gasteiger partial charge on any atom is -0.391 e. The summed E-state index contributed by atoms with van der Waals surface area (Å²) in [6.07, 6.45) is 0.463. The molecule has 2 N–H and O–H groups in total. The molecule has 0 unspecified atom stereocenters. The Morgan fingerprint density at radius 3 is 2.60 bits per heavy atom. The molecule has 2 atom stereocenters. The summed E-state index contributed by atoms with van der Waals surface area (Å²) in [5.41, 5.74) is 2.46. The van der Waals surface area contributed by atoms with Gasteiger partial charge in [-0.25, -0.2) is 0 Å². The summed E-state index contributed by atoms with van der Waals surface area (Å²) in [5, 5.41) is 13.5. The van der Waals surface area contributed by atoms with Crippen molar-refractivity contribution in [2.75, 3.05) is 5.32 Å². The Balaban J connectivity index is 2.30. The molecule has 0 fully saturated rings. The maximum atomic E-state index is 10.1. The molecule has 1 aromatic carbocycles. The number of aliphatic hydroxyl groups is 1. The topological polar surface area (TPSA) is 32.3 Å². The van der Waals surface area contributed by atoms with Crippen LogP contribution >= 0.6 is 0 Å². The van der Waals surface area contributed by atoms with E-state index in [0.717, 1.165) is 6.42 Å². The smallest absolute Gasteiger partial charge is 0.0787 e. The summed E-state index contributed by atoms with van der Waals surface area (Å²) in [4.78, 5) is 0. The molecule has 1 aliphatic heterocycles. The Morgan fingerprint density at radius 1 is 1.27 bits per heavy atom. The van der Waals surface area contributed by atoms with E-state index in [2.05, 4.69) is 38.2 Å². The van der Waals surface area contributed by atoms with Gasteiger partial charge in [0.25, 0.3) is 0 Å². The number of hydrogen-bond acceptors (Lipinski definition) is 2. The number of anilines is 1. The summed E-state index contributed by atoms with van der Waals surface area (Å²) < 4.78 is 0. The third-order valence-electron chi connectivity index (χ3n) is 3.08.